The van der Waals surface area contributed by atoms with Gasteiger partial charge in [-0.3, -0.25) is 9.78 Å². The number of piperidine rings is 1. The fourth-order valence-corrected chi connectivity index (χ4v) is 3.91. The Kier molecular flexibility index (Phi) is 4.40. The minimum atomic E-state index is -0.0372. The lowest BCUT2D eigenvalue weighted by Crippen LogP contribution is -2.48. The van der Waals surface area contributed by atoms with Crippen molar-refractivity contribution in [2.75, 3.05) is 7.05 Å². The van der Waals surface area contributed by atoms with Crippen molar-refractivity contribution in [3.05, 3.63) is 54.4 Å². The molecule has 2 aromatic rings. The number of para-hydroxylation sites is 1. The number of carbonyl (C=O) groups excluding carboxylic acids is 1. The largest absolute Gasteiger partial charge is 0.457 e. The van der Waals surface area contributed by atoms with Gasteiger partial charge in [0.2, 0.25) is 0 Å². The van der Waals surface area contributed by atoms with E-state index < -0.39 is 0 Å². The minimum absolute atomic E-state index is 0.0372. The molecule has 5 heteroatoms. The van der Waals surface area contributed by atoms with Crippen LogP contribution in [0.4, 0.5) is 0 Å². The van der Waals surface area contributed by atoms with Crippen LogP contribution in [0.2, 0.25) is 0 Å². The molecule has 2 unspecified atom stereocenters. The van der Waals surface area contributed by atoms with Gasteiger partial charge in [0.25, 0.3) is 5.91 Å². The van der Waals surface area contributed by atoms with Gasteiger partial charge in [0.1, 0.15) is 17.2 Å². The maximum atomic E-state index is 12.9. The van der Waals surface area contributed by atoms with Gasteiger partial charge in [-0.1, -0.05) is 18.2 Å². The van der Waals surface area contributed by atoms with Crippen LogP contribution in [0.1, 0.15) is 36.2 Å². The third kappa shape index (κ3) is 3.51. The maximum absolute atomic E-state index is 12.9. The molecule has 0 spiro atoms. The van der Waals surface area contributed by atoms with Crippen LogP contribution in [-0.2, 0) is 0 Å². The molecule has 1 N–H and O–H groups in total. The van der Waals surface area contributed by atoms with Gasteiger partial charge in [0.15, 0.2) is 0 Å². The first-order chi connectivity index (χ1) is 12.2. The van der Waals surface area contributed by atoms with E-state index in [2.05, 4.69) is 10.3 Å². The lowest BCUT2D eigenvalue weighted by molar-refractivity contribution is 0.0675. The Morgan fingerprint density at radius 3 is 2.56 bits per heavy atom. The van der Waals surface area contributed by atoms with Crippen LogP contribution in [0.5, 0.6) is 11.5 Å². The summed E-state index contributed by atoms with van der Waals surface area (Å²) in [6.45, 7) is 0. The smallest absolute Gasteiger partial charge is 0.272 e. The highest BCUT2D eigenvalue weighted by Gasteiger charge is 2.36. The second-order valence-corrected chi connectivity index (χ2v) is 6.97. The summed E-state index contributed by atoms with van der Waals surface area (Å²) >= 11 is 0. The van der Waals surface area contributed by atoms with Crippen LogP contribution in [0.25, 0.3) is 0 Å². The second-order valence-electron chi connectivity index (χ2n) is 6.97. The molecule has 2 bridgehead atoms. The molecule has 2 aliphatic heterocycles. The van der Waals surface area contributed by atoms with Crippen LogP contribution in [0.15, 0.2) is 48.7 Å². The van der Waals surface area contributed by atoms with E-state index in [0.717, 1.165) is 18.6 Å². The Balaban J connectivity index is 1.47. The van der Waals surface area contributed by atoms with Crippen molar-refractivity contribution in [3.8, 4) is 11.5 Å². The predicted octanol–water partition coefficient (Wildman–Crippen LogP) is 3.23. The number of aromatic nitrogens is 1. The molecule has 1 aromatic carbocycles. The lowest BCUT2D eigenvalue weighted by atomic mass is 9.98. The second kappa shape index (κ2) is 6.84. The normalized spacial score (nSPS) is 24.8. The van der Waals surface area contributed by atoms with Crippen LogP contribution < -0.4 is 10.1 Å². The van der Waals surface area contributed by atoms with Gasteiger partial charge in [0.05, 0.1) is 0 Å². The van der Waals surface area contributed by atoms with E-state index in [-0.39, 0.29) is 11.9 Å². The highest BCUT2D eigenvalue weighted by Crippen LogP contribution is 2.30. The van der Waals surface area contributed by atoms with Crippen LogP contribution in [0.3, 0.4) is 0 Å². The molecule has 25 heavy (non-hydrogen) atoms. The third-order valence-corrected chi connectivity index (χ3v) is 5.25. The molecule has 2 saturated heterocycles. The maximum Gasteiger partial charge on any atom is 0.272 e. The van der Waals surface area contributed by atoms with Crippen molar-refractivity contribution in [1.82, 2.24) is 15.2 Å². The van der Waals surface area contributed by atoms with E-state index in [1.807, 2.05) is 42.3 Å². The quantitative estimate of drug-likeness (QED) is 0.931. The van der Waals surface area contributed by atoms with Crippen molar-refractivity contribution in [2.24, 2.45) is 0 Å². The average molecular weight is 337 g/mol. The van der Waals surface area contributed by atoms with Crippen LogP contribution in [-0.4, -0.2) is 41.0 Å². The number of amides is 1. The first-order valence-electron chi connectivity index (χ1n) is 8.91. The third-order valence-electron chi connectivity index (χ3n) is 5.25. The molecule has 2 aliphatic rings. The average Bonchev–Trinajstić information content (AvgIpc) is 2.99. The van der Waals surface area contributed by atoms with E-state index in [0.29, 0.717) is 23.5 Å². The molecule has 130 valence electrons. The van der Waals surface area contributed by atoms with Gasteiger partial charge in [-0.2, -0.15) is 0 Å². The number of hydrogen-bond acceptors (Lipinski definition) is 4. The minimum Gasteiger partial charge on any atom is -0.457 e. The predicted molar refractivity (Wildman–Crippen MR) is 95.8 cm³/mol. The first kappa shape index (κ1) is 16.1. The zero-order valence-electron chi connectivity index (χ0n) is 14.4. The molecular weight excluding hydrogens is 314 g/mol. The van der Waals surface area contributed by atoms with Gasteiger partial charge < -0.3 is 15.0 Å². The van der Waals surface area contributed by atoms with Crippen molar-refractivity contribution < 1.29 is 9.53 Å². The molecule has 2 atom stereocenters. The molecule has 1 aromatic heterocycles. The number of pyridine rings is 1. The zero-order chi connectivity index (χ0) is 17.2. The van der Waals surface area contributed by atoms with Crippen molar-refractivity contribution in [3.63, 3.8) is 0 Å². The van der Waals surface area contributed by atoms with Crippen molar-refractivity contribution >= 4 is 5.91 Å². The SMILES string of the molecule is CN(C(=O)c1cc(Oc2ccccc2)ccn1)C1CC2CCC(C1)N2. The molecule has 5 nitrogen and oxygen atoms in total. The van der Waals surface area contributed by atoms with Gasteiger partial charge in [-0.15, -0.1) is 0 Å². The molecular formula is C20H23N3O2. The molecule has 0 saturated carbocycles. The molecule has 0 radical (unpaired) electrons. The Bertz CT molecular complexity index is 738. The fraction of sp³-hybridized carbons (Fsp3) is 0.400. The molecule has 1 amide bonds. The number of nitrogens with zero attached hydrogens (tertiary/aromatic N) is 2. The molecule has 4 rings (SSSR count). The number of carbonyl (C=O) groups is 1. The van der Waals surface area contributed by atoms with E-state index >= 15 is 0 Å². The standard InChI is InChI=1S/C20H23N3O2/c1-23(16-11-14-7-8-15(12-16)22-14)20(24)19-13-18(9-10-21-19)25-17-5-3-2-4-6-17/h2-6,9-10,13-16,22H,7-8,11-12H2,1H3. The number of benzene rings is 1. The molecule has 2 fully saturated rings. The summed E-state index contributed by atoms with van der Waals surface area (Å²) in [5, 5.41) is 3.62. The topological polar surface area (TPSA) is 54.5 Å². The first-order valence-corrected chi connectivity index (χ1v) is 8.91. The van der Waals surface area contributed by atoms with E-state index in [1.165, 1.54) is 12.8 Å². The number of ether oxygens (including phenoxy) is 1. The highest BCUT2D eigenvalue weighted by molar-refractivity contribution is 5.92. The van der Waals surface area contributed by atoms with E-state index in [9.17, 15) is 4.79 Å². The Morgan fingerprint density at radius 2 is 1.84 bits per heavy atom. The van der Waals surface area contributed by atoms with Gasteiger partial charge in [-0.05, 0) is 43.9 Å². The van der Waals surface area contributed by atoms with Crippen LogP contribution >= 0.6 is 0 Å². The molecule has 3 heterocycles. The summed E-state index contributed by atoms with van der Waals surface area (Å²) in [6, 6.07) is 14.4. The van der Waals surface area contributed by atoms with Crippen LogP contribution in [0, 0.1) is 0 Å². The summed E-state index contributed by atoms with van der Waals surface area (Å²) < 4.78 is 5.82. The van der Waals surface area contributed by atoms with Gasteiger partial charge >= 0.3 is 0 Å². The summed E-state index contributed by atoms with van der Waals surface area (Å²) in [6.07, 6.45) is 6.13. The Morgan fingerprint density at radius 1 is 1.12 bits per heavy atom. The highest BCUT2D eigenvalue weighted by atomic mass is 16.5. The summed E-state index contributed by atoms with van der Waals surface area (Å²) in [7, 11) is 1.89. The summed E-state index contributed by atoms with van der Waals surface area (Å²) in [5.41, 5.74) is 0.432. The monoisotopic (exact) mass is 337 g/mol. The van der Waals surface area contributed by atoms with E-state index in [4.69, 9.17) is 4.74 Å². The number of fused-ring (bicyclic) bond motifs is 2. The zero-order valence-corrected chi connectivity index (χ0v) is 14.4. The van der Waals surface area contributed by atoms with Gasteiger partial charge in [0, 0.05) is 37.4 Å². The number of hydrogen-bond donors (Lipinski definition) is 1. The number of rotatable bonds is 4. The van der Waals surface area contributed by atoms with E-state index in [1.54, 1.807) is 18.3 Å². The molecule has 0 aliphatic carbocycles. The fourth-order valence-electron chi connectivity index (χ4n) is 3.91. The van der Waals surface area contributed by atoms with Crippen molar-refractivity contribution in [1.29, 1.82) is 0 Å². The Hall–Kier alpha value is -2.40. The lowest BCUT2D eigenvalue weighted by Gasteiger charge is -2.35. The summed E-state index contributed by atoms with van der Waals surface area (Å²) in [4.78, 5) is 19.0. The summed E-state index contributed by atoms with van der Waals surface area (Å²) in [5.74, 6) is 1.34. The van der Waals surface area contributed by atoms with Gasteiger partial charge in [-0.25, -0.2) is 0 Å². The number of nitrogens with one attached hydrogen (secondary N) is 1. The van der Waals surface area contributed by atoms with Crippen molar-refractivity contribution in [2.45, 2.75) is 43.8 Å². The Labute approximate surface area is 148 Å².